The molecule has 0 atom stereocenters. The van der Waals surface area contributed by atoms with Gasteiger partial charge in [-0.05, 0) is 54.9 Å². The summed E-state index contributed by atoms with van der Waals surface area (Å²) < 4.78 is 0. The van der Waals surface area contributed by atoms with E-state index >= 15 is 0 Å². The zero-order valence-corrected chi connectivity index (χ0v) is 12.1. The van der Waals surface area contributed by atoms with Gasteiger partial charge in [-0.2, -0.15) is 0 Å². The van der Waals surface area contributed by atoms with Gasteiger partial charge in [-0.3, -0.25) is 0 Å². The Balaban J connectivity index is 2.03. The highest BCUT2D eigenvalue weighted by molar-refractivity contribution is 7.80. The average molecular weight is 270 g/mol. The third-order valence-corrected chi connectivity index (χ3v) is 3.19. The zero-order chi connectivity index (χ0) is 13.7. The molecule has 0 aliphatic heterocycles. The molecule has 0 saturated heterocycles. The molecule has 0 aromatic heterocycles. The van der Waals surface area contributed by atoms with Crippen molar-refractivity contribution in [2.45, 2.75) is 20.3 Å². The van der Waals surface area contributed by atoms with Crippen molar-refractivity contribution in [3.05, 3.63) is 59.7 Å². The van der Waals surface area contributed by atoms with Crippen molar-refractivity contribution < 1.29 is 0 Å². The van der Waals surface area contributed by atoms with E-state index in [2.05, 4.69) is 42.7 Å². The molecule has 3 heteroatoms. The molecule has 0 heterocycles. The van der Waals surface area contributed by atoms with E-state index in [0.29, 0.717) is 5.11 Å². The van der Waals surface area contributed by atoms with Gasteiger partial charge < -0.3 is 10.6 Å². The van der Waals surface area contributed by atoms with Crippen LogP contribution in [0.1, 0.15) is 18.1 Å². The van der Waals surface area contributed by atoms with Gasteiger partial charge >= 0.3 is 0 Å². The first-order valence-corrected chi connectivity index (χ1v) is 6.82. The summed E-state index contributed by atoms with van der Waals surface area (Å²) >= 11 is 5.33. The molecule has 98 valence electrons. The Bertz CT molecular complexity index is 578. The highest BCUT2D eigenvalue weighted by Gasteiger charge is 2.01. The molecule has 0 spiro atoms. The Morgan fingerprint density at radius 3 is 2.58 bits per heavy atom. The standard InChI is InChI=1S/C16H18N2S/c1-3-13-8-6-9-14(11-13)17-16(19)18-15-10-5-4-7-12(15)2/h4-11H,3H2,1-2H3,(H2,17,18,19). The number of hydrogen-bond acceptors (Lipinski definition) is 1. The Labute approximate surface area is 119 Å². The topological polar surface area (TPSA) is 24.1 Å². The molecule has 2 rings (SSSR count). The minimum atomic E-state index is 0.613. The monoisotopic (exact) mass is 270 g/mol. The average Bonchev–Trinajstić information content (AvgIpc) is 2.41. The molecule has 0 aliphatic carbocycles. The van der Waals surface area contributed by atoms with Crippen LogP contribution >= 0.6 is 12.2 Å². The molecule has 0 amide bonds. The lowest BCUT2D eigenvalue weighted by molar-refractivity contribution is 1.14. The maximum atomic E-state index is 5.33. The largest absolute Gasteiger partial charge is 0.332 e. The lowest BCUT2D eigenvalue weighted by Crippen LogP contribution is -2.19. The minimum absolute atomic E-state index is 0.613. The van der Waals surface area contributed by atoms with E-state index in [1.54, 1.807) is 0 Å². The van der Waals surface area contributed by atoms with Crippen molar-refractivity contribution in [2.24, 2.45) is 0 Å². The molecule has 0 unspecified atom stereocenters. The number of anilines is 2. The number of thiocarbonyl (C=S) groups is 1. The van der Waals surface area contributed by atoms with Crippen LogP contribution in [0.3, 0.4) is 0 Å². The van der Waals surface area contributed by atoms with Gasteiger partial charge in [0.15, 0.2) is 5.11 Å². The molecule has 0 fully saturated rings. The highest BCUT2D eigenvalue weighted by atomic mass is 32.1. The molecule has 2 aromatic rings. The number of nitrogens with one attached hydrogen (secondary N) is 2. The first-order valence-electron chi connectivity index (χ1n) is 6.41. The molecule has 2 N–H and O–H groups in total. The van der Waals surface area contributed by atoms with Crippen molar-refractivity contribution in [3.8, 4) is 0 Å². The lowest BCUT2D eigenvalue weighted by atomic mass is 10.1. The summed E-state index contributed by atoms with van der Waals surface area (Å²) in [5.74, 6) is 0. The summed E-state index contributed by atoms with van der Waals surface area (Å²) in [6.45, 7) is 4.20. The summed E-state index contributed by atoms with van der Waals surface area (Å²) in [6.07, 6.45) is 1.02. The van der Waals surface area contributed by atoms with E-state index in [1.807, 2.05) is 30.3 Å². The molecule has 19 heavy (non-hydrogen) atoms. The highest BCUT2D eigenvalue weighted by Crippen LogP contribution is 2.15. The Morgan fingerprint density at radius 2 is 1.84 bits per heavy atom. The van der Waals surface area contributed by atoms with Gasteiger partial charge in [0.25, 0.3) is 0 Å². The minimum Gasteiger partial charge on any atom is -0.332 e. The molecule has 2 nitrogen and oxygen atoms in total. The second-order valence-corrected chi connectivity index (χ2v) is 4.86. The summed E-state index contributed by atoms with van der Waals surface area (Å²) in [4.78, 5) is 0. The van der Waals surface area contributed by atoms with E-state index < -0.39 is 0 Å². The summed E-state index contributed by atoms with van der Waals surface area (Å²) in [6, 6.07) is 16.4. The third-order valence-electron chi connectivity index (χ3n) is 2.99. The van der Waals surface area contributed by atoms with E-state index in [0.717, 1.165) is 17.8 Å². The van der Waals surface area contributed by atoms with Crippen molar-refractivity contribution in [2.75, 3.05) is 10.6 Å². The van der Waals surface area contributed by atoms with E-state index in [4.69, 9.17) is 12.2 Å². The van der Waals surface area contributed by atoms with Crippen molar-refractivity contribution in [1.29, 1.82) is 0 Å². The fourth-order valence-electron chi connectivity index (χ4n) is 1.87. The number of aryl methyl sites for hydroxylation is 2. The Kier molecular flexibility index (Phi) is 4.53. The normalized spacial score (nSPS) is 10.0. The van der Waals surface area contributed by atoms with Crippen molar-refractivity contribution in [3.63, 3.8) is 0 Å². The van der Waals surface area contributed by atoms with Crippen LogP contribution in [-0.4, -0.2) is 5.11 Å². The van der Waals surface area contributed by atoms with Gasteiger partial charge in [0.2, 0.25) is 0 Å². The second-order valence-electron chi connectivity index (χ2n) is 4.45. The van der Waals surface area contributed by atoms with E-state index in [9.17, 15) is 0 Å². The van der Waals surface area contributed by atoms with Crippen LogP contribution in [0.15, 0.2) is 48.5 Å². The van der Waals surface area contributed by atoms with Crippen LogP contribution in [0.25, 0.3) is 0 Å². The molecular weight excluding hydrogens is 252 g/mol. The summed E-state index contributed by atoms with van der Waals surface area (Å²) in [7, 11) is 0. The molecule has 0 radical (unpaired) electrons. The molecule has 2 aromatic carbocycles. The van der Waals surface area contributed by atoms with Gasteiger partial charge in [-0.1, -0.05) is 37.3 Å². The van der Waals surface area contributed by atoms with Crippen LogP contribution in [0.4, 0.5) is 11.4 Å². The smallest absolute Gasteiger partial charge is 0.175 e. The van der Waals surface area contributed by atoms with Gasteiger partial charge in [0.05, 0.1) is 0 Å². The second kappa shape index (κ2) is 6.34. The van der Waals surface area contributed by atoms with Crippen LogP contribution in [0, 0.1) is 6.92 Å². The Morgan fingerprint density at radius 1 is 1.05 bits per heavy atom. The fraction of sp³-hybridized carbons (Fsp3) is 0.188. The zero-order valence-electron chi connectivity index (χ0n) is 11.2. The van der Waals surface area contributed by atoms with Crippen molar-refractivity contribution in [1.82, 2.24) is 0 Å². The SMILES string of the molecule is CCc1cccc(NC(=S)Nc2ccccc2C)c1. The lowest BCUT2D eigenvalue weighted by Gasteiger charge is -2.12. The maximum absolute atomic E-state index is 5.33. The van der Waals surface area contributed by atoms with Gasteiger partial charge in [0.1, 0.15) is 0 Å². The summed E-state index contributed by atoms with van der Waals surface area (Å²) in [5.41, 5.74) is 4.52. The summed E-state index contributed by atoms with van der Waals surface area (Å²) in [5, 5.41) is 7.04. The van der Waals surface area contributed by atoms with E-state index in [-0.39, 0.29) is 0 Å². The van der Waals surface area contributed by atoms with E-state index in [1.165, 1.54) is 11.1 Å². The van der Waals surface area contributed by atoms with Crippen molar-refractivity contribution >= 4 is 28.7 Å². The molecule has 0 bridgehead atoms. The van der Waals surface area contributed by atoms with Crippen LogP contribution < -0.4 is 10.6 Å². The first kappa shape index (κ1) is 13.6. The van der Waals surface area contributed by atoms with Gasteiger partial charge in [-0.25, -0.2) is 0 Å². The first-order chi connectivity index (χ1) is 9.19. The fourth-order valence-corrected chi connectivity index (χ4v) is 2.09. The van der Waals surface area contributed by atoms with Crippen LogP contribution in [0.2, 0.25) is 0 Å². The number of hydrogen-bond donors (Lipinski definition) is 2. The predicted molar refractivity (Wildman–Crippen MR) is 86.8 cm³/mol. The molecule has 0 aliphatic rings. The predicted octanol–water partition coefficient (Wildman–Crippen LogP) is 4.37. The number of para-hydroxylation sites is 1. The number of rotatable bonds is 3. The van der Waals surface area contributed by atoms with Crippen LogP contribution in [0.5, 0.6) is 0 Å². The quantitative estimate of drug-likeness (QED) is 0.810. The van der Waals surface area contributed by atoms with Gasteiger partial charge in [-0.15, -0.1) is 0 Å². The molecular formula is C16H18N2S. The maximum Gasteiger partial charge on any atom is 0.175 e. The Hall–Kier alpha value is -1.87. The van der Waals surface area contributed by atoms with Gasteiger partial charge in [0, 0.05) is 11.4 Å². The number of benzene rings is 2. The third kappa shape index (κ3) is 3.80. The molecule has 0 saturated carbocycles. The van der Waals surface area contributed by atoms with Crippen LogP contribution in [-0.2, 0) is 6.42 Å².